The Hall–Kier alpha value is -3.52. The van der Waals surface area contributed by atoms with E-state index in [1.807, 2.05) is 6.92 Å². The molecule has 1 saturated heterocycles. The number of Topliss-reactive ketones (excluding diaryl/α,β-unsaturated/α-hetero) is 1. The number of amides is 1. The molecule has 0 unspecified atom stereocenters. The summed E-state index contributed by atoms with van der Waals surface area (Å²) in [4.78, 5) is 30.2. The molecule has 0 aromatic heterocycles. The van der Waals surface area contributed by atoms with Crippen molar-refractivity contribution < 1.29 is 28.9 Å². The van der Waals surface area contributed by atoms with Crippen LogP contribution in [0.1, 0.15) is 44.4 Å². The van der Waals surface area contributed by atoms with Crippen LogP contribution in [0.2, 0.25) is 0 Å². The lowest BCUT2D eigenvalue weighted by Gasteiger charge is -2.28. The van der Waals surface area contributed by atoms with Gasteiger partial charge in [-0.25, -0.2) is 0 Å². The van der Waals surface area contributed by atoms with E-state index in [0.717, 1.165) is 19.5 Å². The Morgan fingerprint density at radius 1 is 0.972 bits per heavy atom. The van der Waals surface area contributed by atoms with Gasteiger partial charge in [0.15, 0.2) is 11.5 Å². The average molecular weight is 497 g/mol. The Labute approximate surface area is 213 Å². The van der Waals surface area contributed by atoms with Crippen molar-refractivity contribution in [1.29, 1.82) is 0 Å². The molecular weight excluding hydrogens is 460 g/mol. The summed E-state index contributed by atoms with van der Waals surface area (Å²) in [6, 6.07) is 11.4. The molecule has 1 aliphatic heterocycles. The maximum atomic E-state index is 13.3. The number of ether oxygens (including phenoxy) is 3. The van der Waals surface area contributed by atoms with Crippen molar-refractivity contribution in [3.8, 4) is 17.2 Å². The zero-order valence-corrected chi connectivity index (χ0v) is 21.7. The number of aliphatic hydroxyl groups is 1. The van der Waals surface area contributed by atoms with Crippen molar-refractivity contribution in [2.45, 2.75) is 33.2 Å². The first-order valence-electron chi connectivity index (χ1n) is 12.4. The molecule has 0 aliphatic carbocycles. The third kappa shape index (κ3) is 5.65. The number of ketones is 1. The summed E-state index contributed by atoms with van der Waals surface area (Å²) < 4.78 is 16.5. The lowest BCUT2D eigenvalue weighted by atomic mass is 9.95. The molecule has 3 rings (SSSR count). The molecule has 1 heterocycles. The highest BCUT2D eigenvalue weighted by Gasteiger charge is 2.46. The highest BCUT2D eigenvalue weighted by molar-refractivity contribution is 6.46. The molecule has 1 aliphatic rings. The Kier molecular flexibility index (Phi) is 9.36. The molecule has 0 saturated carbocycles. The van der Waals surface area contributed by atoms with Crippen molar-refractivity contribution in [2.75, 3.05) is 47.0 Å². The monoisotopic (exact) mass is 496 g/mol. The number of rotatable bonds is 12. The zero-order valence-electron chi connectivity index (χ0n) is 21.7. The Morgan fingerprint density at radius 3 is 2.22 bits per heavy atom. The lowest BCUT2D eigenvalue weighted by Crippen LogP contribution is -2.38. The van der Waals surface area contributed by atoms with Crippen LogP contribution in [-0.2, 0) is 9.59 Å². The molecule has 0 radical (unpaired) electrons. The number of carbonyl (C=O) groups is 2. The molecule has 1 amide bonds. The van der Waals surface area contributed by atoms with Crippen LogP contribution in [0.5, 0.6) is 17.2 Å². The van der Waals surface area contributed by atoms with Gasteiger partial charge in [0.1, 0.15) is 11.5 Å². The van der Waals surface area contributed by atoms with Crippen molar-refractivity contribution in [2.24, 2.45) is 0 Å². The molecule has 1 fully saturated rings. The minimum absolute atomic E-state index is 0.0500. The van der Waals surface area contributed by atoms with E-state index in [2.05, 4.69) is 18.7 Å². The Bertz CT molecular complexity index is 1090. The number of aliphatic hydroxyl groups excluding tert-OH is 1. The number of hydrogen-bond donors (Lipinski definition) is 1. The summed E-state index contributed by atoms with van der Waals surface area (Å²) >= 11 is 0. The van der Waals surface area contributed by atoms with E-state index in [9.17, 15) is 14.7 Å². The van der Waals surface area contributed by atoms with Crippen LogP contribution in [0.4, 0.5) is 0 Å². The number of hydrogen-bond acceptors (Lipinski definition) is 7. The highest BCUT2D eigenvalue weighted by atomic mass is 16.5. The van der Waals surface area contributed by atoms with Crippen LogP contribution in [0, 0.1) is 0 Å². The summed E-state index contributed by atoms with van der Waals surface area (Å²) in [5.41, 5.74) is 1.14. The van der Waals surface area contributed by atoms with E-state index in [1.54, 1.807) is 49.6 Å². The number of likely N-dealkylation sites (tertiary alicyclic amines) is 1. The first kappa shape index (κ1) is 27.1. The molecule has 1 atom stereocenters. The lowest BCUT2D eigenvalue weighted by molar-refractivity contribution is -0.140. The van der Waals surface area contributed by atoms with Crippen molar-refractivity contribution >= 4 is 17.4 Å². The van der Waals surface area contributed by atoms with Gasteiger partial charge in [-0.1, -0.05) is 26.8 Å². The van der Waals surface area contributed by atoms with Crippen LogP contribution in [-0.4, -0.2) is 73.6 Å². The van der Waals surface area contributed by atoms with Crippen molar-refractivity contribution in [3.63, 3.8) is 0 Å². The predicted molar refractivity (Wildman–Crippen MR) is 139 cm³/mol. The second-order valence-electron chi connectivity index (χ2n) is 8.51. The SMILES string of the molecule is CCCOc1ccc(C(O)=C2C(=O)C(=O)N(CCN(CC)CC)[C@H]2c2ccc(OC)c(OC)c2)cc1. The molecule has 194 valence electrons. The molecule has 36 heavy (non-hydrogen) atoms. The van der Waals surface area contributed by atoms with Crippen molar-refractivity contribution in [1.82, 2.24) is 9.80 Å². The number of methoxy groups -OCH3 is 2. The first-order chi connectivity index (χ1) is 17.4. The molecule has 2 aromatic carbocycles. The molecule has 0 spiro atoms. The van der Waals surface area contributed by atoms with E-state index < -0.39 is 17.7 Å². The van der Waals surface area contributed by atoms with Gasteiger partial charge < -0.3 is 29.1 Å². The van der Waals surface area contributed by atoms with Crippen LogP contribution in [0.25, 0.3) is 5.76 Å². The first-order valence-corrected chi connectivity index (χ1v) is 12.4. The third-order valence-electron chi connectivity index (χ3n) is 6.42. The molecule has 8 heteroatoms. The Morgan fingerprint density at radius 2 is 1.64 bits per heavy atom. The maximum absolute atomic E-state index is 13.3. The largest absolute Gasteiger partial charge is 0.507 e. The molecule has 2 aromatic rings. The van der Waals surface area contributed by atoms with Gasteiger partial charge in [-0.2, -0.15) is 0 Å². The van der Waals surface area contributed by atoms with Crippen LogP contribution in [0.15, 0.2) is 48.0 Å². The number of benzene rings is 2. The van der Waals surface area contributed by atoms with E-state index in [1.165, 1.54) is 12.0 Å². The zero-order chi connectivity index (χ0) is 26.2. The van der Waals surface area contributed by atoms with Gasteiger partial charge in [0.2, 0.25) is 0 Å². The summed E-state index contributed by atoms with van der Waals surface area (Å²) in [5, 5.41) is 11.3. The minimum atomic E-state index is -0.767. The van der Waals surface area contributed by atoms with Gasteiger partial charge in [-0.15, -0.1) is 0 Å². The van der Waals surface area contributed by atoms with Crippen LogP contribution < -0.4 is 14.2 Å². The number of carbonyl (C=O) groups excluding carboxylic acids is 2. The molecule has 1 N–H and O–H groups in total. The smallest absolute Gasteiger partial charge is 0.295 e. The fourth-order valence-corrected chi connectivity index (χ4v) is 4.35. The maximum Gasteiger partial charge on any atom is 0.295 e. The van der Waals surface area contributed by atoms with E-state index in [-0.39, 0.29) is 11.3 Å². The number of nitrogens with zero attached hydrogens (tertiary/aromatic N) is 2. The summed E-state index contributed by atoms with van der Waals surface area (Å²) in [6.07, 6.45) is 0.879. The molecule has 0 bridgehead atoms. The van der Waals surface area contributed by atoms with Gasteiger partial charge >= 0.3 is 0 Å². The standard InChI is InChI=1S/C28H36N2O6/c1-6-17-36-21-12-9-19(10-13-21)26(31)24-25(20-11-14-22(34-4)23(18-20)35-5)30(28(33)27(24)32)16-15-29(7-2)8-3/h9-14,18,25,31H,6-8,15-17H2,1-5H3/t25-/m0/s1. The van der Waals surface area contributed by atoms with Gasteiger partial charge in [0.25, 0.3) is 11.7 Å². The van der Waals surface area contributed by atoms with Gasteiger partial charge in [-0.3, -0.25) is 9.59 Å². The summed E-state index contributed by atoms with van der Waals surface area (Å²) in [5.74, 6) is 0.111. The normalized spacial score (nSPS) is 17.1. The fourth-order valence-electron chi connectivity index (χ4n) is 4.35. The minimum Gasteiger partial charge on any atom is -0.507 e. The second kappa shape index (κ2) is 12.4. The summed E-state index contributed by atoms with van der Waals surface area (Å²) in [6.45, 7) is 9.31. The quantitative estimate of drug-likeness (QED) is 0.267. The van der Waals surface area contributed by atoms with Crippen LogP contribution in [0.3, 0.4) is 0 Å². The second-order valence-corrected chi connectivity index (χ2v) is 8.51. The fraction of sp³-hybridized carbons (Fsp3) is 0.429. The van der Waals surface area contributed by atoms with E-state index in [4.69, 9.17) is 14.2 Å². The van der Waals surface area contributed by atoms with Gasteiger partial charge in [0.05, 0.1) is 32.4 Å². The Balaban J connectivity index is 2.09. The van der Waals surface area contributed by atoms with E-state index >= 15 is 0 Å². The topological polar surface area (TPSA) is 88.5 Å². The summed E-state index contributed by atoms with van der Waals surface area (Å²) in [7, 11) is 3.07. The highest BCUT2D eigenvalue weighted by Crippen LogP contribution is 2.42. The third-order valence-corrected chi connectivity index (χ3v) is 6.42. The number of likely N-dealkylation sites (N-methyl/N-ethyl adjacent to an activating group) is 1. The average Bonchev–Trinajstić information content (AvgIpc) is 3.16. The van der Waals surface area contributed by atoms with E-state index in [0.29, 0.717) is 48.1 Å². The van der Waals surface area contributed by atoms with Crippen LogP contribution >= 0.6 is 0 Å². The predicted octanol–water partition coefficient (Wildman–Crippen LogP) is 4.26. The molecular formula is C28H36N2O6. The van der Waals surface area contributed by atoms with Gasteiger partial charge in [0, 0.05) is 18.7 Å². The molecule has 8 nitrogen and oxygen atoms in total. The van der Waals surface area contributed by atoms with Gasteiger partial charge in [-0.05, 0) is 61.5 Å². The van der Waals surface area contributed by atoms with Crippen molar-refractivity contribution in [3.05, 3.63) is 59.2 Å².